The van der Waals surface area contributed by atoms with Crippen LogP contribution in [0.2, 0.25) is 0 Å². The monoisotopic (exact) mass is 242 g/mol. The van der Waals surface area contributed by atoms with Crippen molar-refractivity contribution in [3.8, 4) is 11.5 Å². The van der Waals surface area contributed by atoms with Crippen molar-refractivity contribution in [3.63, 3.8) is 0 Å². The van der Waals surface area contributed by atoms with Crippen LogP contribution in [0.1, 0.15) is 5.56 Å². The molecule has 0 bridgehead atoms. The molecule has 2 N–H and O–H groups in total. The Labute approximate surface area is 103 Å². The van der Waals surface area contributed by atoms with Crippen LogP contribution in [0.25, 0.3) is 22.6 Å². The number of benzene rings is 2. The van der Waals surface area contributed by atoms with Crippen molar-refractivity contribution in [2.45, 2.75) is 6.54 Å². The molecule has 0 aliphatic rings. The van der Waals surface area contributed by atoms with E-state index in [2.05, 4.69) is 4.98 Å². The van der Waals surface area contributed by atoms with E-state index in [4.69, 9.17) is 10.2 Å². The van der Waals surface area contributed by atoms with E-state index in [-0.39, 0.29) is 11.7 Å². The Bertz CT molecular complexity index is 706. The summed E-state index contributed by atoms with van der Waals surface area (Å²) in [6.07, 6.45) is 0. The van der Waals surface area contributed by atoms with E-state index >= 15 is 0 Å². The number of halogens is 1. The highest BCUT2D eigenvalue weighted by molar-refractivity contribution is 5.77. The van der Waals surface area contributed by atoms with E-state index in [0.29, 0.717) is 23.2 Å². The van der Waals surface area contributed by atoms with Crippen molar-refractivity contribution in [1.82, 2.24) is 4.98 Å². The standard InChI is InChI=1S/C14H11FN2O/c15-11-4-2-1-3-10(11)14-17-12-7-9(8-16)5-6-13(12)18-14/h1-7H,8,16H2. The first-order valence-electron chi connectivity index (χ1n) is 5.62. The molecular formula is C14H11FN2O. The second-order valence-corrected chi connectivity index (χ2v) is 4.01. The van der Waals surface area contributed by atoms with Gasteiger partial charge in [-0.2, -0.15) is 0 Å². The molecule has 3 aromatic rings. The molecule has 0 radical (unpaired) electrons. The van der Waals surface area contributed by atoms with Crippen LogP contribution < -0.4 is 5.73 Å². The third-order valence-corrected chi connectivity index (χ3v) is 2.79. The van der Waals surface area contributed by atoms with Crippen LogP contribution in [-0.4, -0.2) is 4.98 Å². The number of hydrogen-bond acceptors (Lipinski definition) is 3. The molecule has 90 valence electrons. The summed E-state index contributed by atoms with van der Waals surface area (Å²) in [6.45, 7) is 0.442. The Morgan fingerprint density at radius 3 is 2.78 bits per heavy atom. The number of aromatic nitrogens is 1. The molecule has 0 fully saturated rings. The van der Waals surface area contributed by atoms with Crippen LogP contribution >= 0.6 is 0 Å². The zero-order valence-electron chi connectivity index (χ0n) is 9.56. The lowest BCUT2D eigenvalue weighted by Gasteiger charge is -1.95. The van der Waals surface area contributed by atoms with Gasteiger partial charge < -0.3 is 10.2 Å². The van der Waals surface area contributed by atoms with Gasteiger partial charge in [0.2, 0.25) is 5.89 Å². The van der Waals surface area contributed by atoms with Gasteiger partial charge in [0, 0.05) is 6.54 Å². The first-order chi connectivity index (χ1) is 8.78. The average Bonchev–Trinajstić information content (AvgIpc) is 2.81. The van der Waals surface area contributed by atoms with E-state index in [9.17, 15) is 4.39 Å². The molecule has 1 heterocycles. The molecule has 0 aliphatic carbocycles. The molecule has 0 amide bonds. The summed E-state index contributed by atoms with van der Waals surface area (Å²) < 4.78 is 19.2. The maximum Gasteiger partial charge on any atom is 0.230 e. The van der Waals surface area contributed by atoms with Gasteiger partial charge in [0.25, 0.3) is 0 Å². The van der Waals surface area contributed by atoms with Crippen molar-refractivity contribution in [1.29, 1.82) is 0 Å². The average molecular weight is 242 g/mol. The van der Waals surface area contributed by atoms with Crippen LogP contribution in [-0.2, 0) is 6.54 Å². The van der Waals surface area contributed by atoms with Gasteiger partial charge in [-0.1, -0.05) is 18.2 Å². The Morgan fingerprint density at radius 2 is 2.00 bits per heavy atom. The lowest BCUT2D eigenvalue weighted by Crippen LogP contribution is -1.94. The fourth-order valence-electron chi connectivity index (χ4n) is 1.85. The molecule has 1 aromatic heterocycles. The lowest BCUT2D eigenvalue weighted by atomic mass is 10.2. The Balaban J connectivity index is 2.17. The molecule has 0 unspecified atom stereocenters. The van der Waals surface area contributed by atoms with Gasteiger partial charge in [-0.05, 0) is 29.8 Å². The summed E-state index contributed by atoms with van der Waals surface area (Å²) in [4.78, 5) is 4.29. The summed E-state index contributed by atoms with van der Waals surface area (Å²) in [5, 5.41) is 0. The molecular weight excluding hydrogens is 231 g/mol. The molecule has 3 nitrogen and oxygen atoms in total. The van der Waals surface area contributed by atoms with E-state index in [1.165, 1.54) is 6.07 Å². The summed E-state index contributed by atoms with van der Waals surface area (Å²) in [5.41, 5.74) is 8.22. The molecule has 0 saturated carbocycles. The summed E-state index contributed by atoms with van der Waals surface area (Å²) in [5.74, 6) is -0.0552. The van der Waals surface area contributed by atoms with Gasteiger partial charge in [0.05, 0.1) is 5.56 Å². The molecule has 0 spiro atoms. The smallest absolute Gasteiger partial charge is 0.230 e. The van der Waals surface area contributed by atoms with Crippen molar-refractivity contribution in [3.05, 3.63) is 53.8 Å². The molecule has 0 saturated heterocycles. The zero-order valence-corrected chi connectivity index (χ0v) is 9.56. The van der Waals surface area contributed by atoms with E-state index in [1.807, 2.05) is 12.1 Å². The SMILES string of the molecule is NCc1ccc2oc(-c3ccccc3F)nc2c1. The molecule has 4 heteroatoms. The molecule has 3 rings (SSSR count). The number of nitrogens with zero attached hydrogens (tertiary/aromatic N) is 1. The van der Waals surface area contributed by atoms with E-state index < -0.39 is 0 Å². The Morgan fingerprint density at radius 1 is 1.17 bits per heavy atom. The first kappa shape index (κ1) is 10.9. The zero-order chi connectivity index (χ0) is 12.5. The molecule has 2 aromatic carbocycles. The normalized spacial score (nSPS) is 11.0. The Hall–Kier alpha value is -2.20. The van der Waals surface area contributed by atoms with E-state index in [1.54, 1.807) is 24.3 Å². The number of nitrogens with two attached hydrogens (primary N) is 1. The van der Waals surface area contributed by atoms with Gasteiger partial charge in [0.1, 0.15) is 11.3 Å². The summed E-state index contributed by atoms with van der Waals surface area (Å²) in [7, 11) is 0. The fraction of sp³-hybridized carbons (Fsp3) is 0.0714. The highest BCUT2D eigenvalue weighted by Gasteiger charge is 2.11. The maximum atomic E-state index is 13.6. The van der Waals surface area contributed by atoms with Crippen molar-refractivity contribution < 1.29 is 8.81 Å². The van der Waals surface area contributed by atoms with Crippen LogP contribution in [0.15, 0.2) is 46.9 Å². The number of rotatable bonds is 2. The quantitative estimate of drug-likeness (QED) is 0.751. The highest BCUT2D eigenvalue weighted by atomic mass is 19.1. The second kappa shape index (κ2) is 4.23. The minimum Gasteiger partial charge on any atom is -0.436 e. The summed E-state index contributed by atoms with van der Waals surface area (Å²) in [6, 6.07) is 11.9. The largest absolute Gasteiger partial charge is 0.436 e. The highest BCUT2D eigenvalue weighted by Crippen LogP contribution is 2.26. The fourth-order valence-corrected chi connectivity index (χ4v) is 1.85. The molecule has 0 atom stereocenters. The van der Waals surface area contributed by atoms with Crippen molar-refractivity contribution in [2.24, 2.45) is 5.73 Å². The second-order valence-electron chi connectivity index (χ2n) is 4.01. The molecule has 0 aliphatic heterocycles. The summed E-state index contributed by atoms with van der Waals surface area (Å²) >= 11 is 0. The number of fused-ring (bicyclic) bond motifs is 1. The van der Waals surface area contributed by atoms with Gasteiger partial charge in [-0.25, -0.2) is 9.37 Å². The van der Waals surface area contributed by atoms with Crippen LogP contribution in [0.4, 0.5) is 4.39 Å². The van der Waals surface area contributed by atoms with Crippen LogP contribution in [0, 0.1) is 5.82 Å². The third kappa shape index (κ3) is 1.76. The number of oxazole rings is 1. The number of hydrogen-bond donors (Lipinski definition) is 1. The van der Waals surface area contributed by atoms with Crippen molar-refractivity contribution >= 4 is 11.1 Å². The first-order valence-corrected chi connectivity index (χ1v) is 5.62. The minimum absolute atomic E-state index is 0.289. The van der Waals surface area contributed by atoms with Crippen LogP contribution in [0.3, 0.4) is 0 Å². The van der Waals surface area contributed by atoms with Crippen LogP contribution in [0.5, 0.6) is 0 Å². The third-order valence-electron chi connectivity index (χ3n) is 2.79. The van der Waals surface area contributed by atoms with Gasteiger partial charge in [-0.3, -0.25) is 0 Å². The Kier molecular flexibility index (Phi) is 2.57. The maximum absolute atomic E-state index is 13.6. The lowest BCUT2D eigenvalue weighted by molar-refractivity contribution is 0.593. The molecule has 18 heavy (non-hydrogen) atoms. The minimum atomic E-state index is -0.344. The predicted octanol–water partition coefficient (Wildman–Crippen LogP) is 3.09. The topological polar surface area (TPSA) is 52.0 Å². The predicted molar refractivity (Wildman–Crippen MR) is 67.3 cm³/mol. The van der Waals surface area contributed by atoms with Crippen molar-refractivity contribution in [2.75, 3.05) is 0 Å². The van der Waals surface area contributed by atoms with Gasteiger partial charge in [0.15, 0.2) is 5.58 Å². The van der Waals surface area contributed by atoms with Gasteiger partial charge >= 0.3 is 0 Å². The van der Waals surface area contributed by atoms with E-state index in [0.717, 1.165) is 5.56 Å². The van der Waals surface area contributed by atoms with Gasteiger partial charge in [-0.15, -0.1) is 0 Å².